The zero-order valence-electron chi connectivity index (χ0n) is 14.0. The Morgan fingerprint density at radius 1 is 1.20 bits per heavy atom. The zero-order valence-corrected chi connectivity index (χ0v) is 14.8. The van der Waals surface area contributed by atoms with Crippen molar-refractivity contribution < 1.29 is 4.79 Å². The molecule has 116 valence electrons. The third-order valence-electron chi connectivity index (χ3n) is 3.60. The number of ketones is 1. The van der Waals surface area contributed by atoms with E-state index in [-0.39, 0.29) is 5.78 Å². The maximum absolute atomic E-state index is 11.7. The van der Waals surface area contributed by atoms with Crippen molar-refractivity contribution in [3.63, 3.8) is 0 Å². The minimum absolute atomic E-state index is 0.289. The number of thiocarbonyl (C=S) groups is 1. The van der Waals surface area contributed by atoms with E-state index in [0.717, 1.165) is 18.8 Å². The van der Waals surface area contributed by atoms with Crippen molar-refractivity contribution in [2.45, 2.75) is 47.0 Å². The third kappa shape index (κ3) is 5.61. The van der Waals surface area contributed by atoms with Crippen LogP contribution in [0.15, 0.2) is 11.4 Å². The molecule has 1 aliphatic carbocycles. The molecule has 0 unspecified atom stereocenters. The Bertz CT molecular complexity index is 358. The average molecular weight is 298 g/mol. The molecule has 20 heavy (non-hydrogen) atoms. The van der Waals surface area contributed by atoms with E-state index in [0.29, 0.717) is 11.8 Å². The van der Waals surface area contributed by atoms with Crippen LogP contribution in [-0.4, -0.2) is 48.6 Å². The van der Waals surface area contributed by atoms with Gasteiger partial charge in [0.15, 0.2) is 5.78 Å². The third-order valence-corrected chi connectivity index (χ3v) is 3.60. The highest BCUT2D eigenvalue weighted by Gasteiger charge is 2.31. The molecule has 0 spiro atoms. The number of rotatable bonds is 6. The van der Waals surface area contributed by atoms with Crippen LogP contribution in [0.4, 0.5) is 0 Å². The molecule has 0 amide bonds. The lowest BCUT2D eigenvalue weighted by Gasteiger charge is -2.36. The van der Waals surface area contributed by atoms with Gasteiger partial charge in [-0.1, -0.05) is 33.0 Å². The van der Waals surface area contributed by atoms with Crippen LogP contribution in [-0.2, 0) is 4.79 Å². The number of nitrogens with zero attached hydrogens (tertiary/aromatic N) is 2. The standard InChI is InChI=1S/C15H28N2O.CH2S/c1-7-16(5)14-12(11-13(14)18)17(6)10-8-9-15(2,3)4;1-2/h7-11H2,1-6H3;1H2. The molecule has 0 saturated carbocycles. The fraction of sp³-hybridized carbons (Fsp3) is 0.750. The Labute approximate surface area is 130 Å². The van der Waals surface area contributed by atoms with Crippen LogP contribution < -0.4 is 0 Å². The van der Waals surface area contributed by atoms with E-state index in [1.54, 1.807) is 0 Å². The summed E-state index contributed by atoms with van der Waals surface area (Å²) in [5, 5.41) is 0. The highest BCUT2D eigenvalue weighted by Crippen LogP contribution is 2.29. The van der Waals surface area contributed by atoms with Gasteiger partial charge in [0.1, 0.15) is 5.70 Å². The van der Waals surface area contributed by atoms with Crippen molar-refractivity contribution in [1.29, 1.82) is 0 Å². The van der Waals surface area contributed by atoms with E-state index in [1.165, 1.54) is 18.5 Å². The van der Waals surface area contributed by atoms with E-state index in [1.807, 2.05) is 7.05 Å². The summed E-state index contributed by atoms with van der Waals surface area (Å²) in [6.45, 7) is 10.8. The second-order valence-electron chi connectivity index (χ2n) is 6.50. The topological polar surface area (TPSA) is 23.6 Å². The Morgan fingerprint density at radius 3 is 2.15 bits per heavy atom. The van der Waals surface area contributed by atoms with Gasteiger partial charge in [-0.3, -0.25) is 4.79 Å². The van der Waals surface area contributed by atoms with Gasteiger partial charge in [0.05, 0.1) is 6.42 Å². The number of hydrogen-bond acceptors (Lipinski definition) is 4. The maximum Gasteiger partial charge on any atom is 0.186 e. The van der Waals surface area contributed by atoms with Gasteiger partial charge >= 0.3 is 0 Å². The van der Waals surface area contributed by atoms with Gasteiger partial charge in [0.2, 0.25) is 0 Å². The molecule has 0 radical (unpaired) electrons. The number of carbonyl (C=O) groups excluding carboxylic acids is 1. The van der Waals surface area contributed by atoms with Gasteiger partial charge in [-0.2, -0.15) is 0 Å². The van der Waals surface area contributed by atoms with Crippen LogP contribution in [0.25, 0.3) is 0 Å². The highest BCUT2D eigenvalue weighted by molar-refractivity contribution is 7.77. The van der Waals surface area contributed by atoms with E-state index in [2.05, 4.69) is 62.6 Å². The van der Waals surface area contributed by atoms with Crippen molar-refractivity contribution in [1.82, 2.24) is 9.80 Å². The van der Waals surface area contributed by atoms with Crippen molar-refractivity contribution >= 4 is 23.9 Å². The van der Waals surface area contributed by atoms with Gasteiger partial charge in [-0.05, 0) is 31.1 Å². The van der Waals surface area contributed by atoms with Crippen molar-refractivity contribution in [2.75, 3.05) is 27.2 Å². The molecule has 0 atom stereocenters. The summed E-state index contributed by atoms with van der Waals surface area (Å²) in [6.07, 6.45) is 3.02. The summed E-state index contributed by atoms with van der Waals surface area (Å²) in [5.41, 5.74) is 2.54. The molecule has 0 saturated heterocycles. The molecule has 0 aromatic rings. The molecule has 0 fully saturated rings. The summed E-state index contributed by atoms with van der Waals surface area (Å²) in [7, 11) is 4.10. The van der Waals surface area contributed by atoms with E-state index >= 15 is 0 Å². The van der Waals surface area contributed by atoms with Crippen molar-refractivity contribution in [3.05, 3.63) is 11.4 Å². The van der Waals surface area contributed by atoms with Crippen LogP contribution >= 0.6 is 12.2 Å². The highest BCUT2D eigenvalue weighted by atomic mass is 32.1. The Morgan fingerprint density at radius 2 is 1.75 bits per heavy atom. The molecule has 0 aromatic carbocycles. The van der Waals surface area contributed by atoms with Crippen LogP contribution in [0.3, 0.4) is 0 Å². The first-order valence-corrected chi connectivity index (χ1v) is 7.81. The lowest BCUT2D eigenvalue weighted by molar-refractivity contribution is -0.119. The first-order chi connectivity index (χ1) is 9.26. The predicted octanol–water partition coefficient (Wildman–Crippen LogP) is 3.50. The Hall–Kier alpha value is -0.900. The summed E-state index contributed by atoms with van der Waals surface area (Å²) in [6, 6.07) is 0. The number of likely N-dealkylation sites (N-methyl/N-ethyl adjacent to an activating group) is 1. The van der Waals surface area contributed by atoms with Gasteiger partial charge in [-0.25, -0.2) is 0 Å². The molecular formula is C16H30N2OS. The van der Waals surface area contributed by atoms with Crippen LogP contribution in [0.1, 0.15) is 47.0 Å². The van der Waals surface area contributed by atoms with E-state index < -0.39 is 0 Å². The molecule has 0 bridgehead atoms. The smallest absolute Gasteiger partial charge is 0.186 e. The van der Waals surface area contributed by atoms with Gasteiger partial charge in [-0.15, -0.1) is 0 Å². The number of hydrogen-bond donors (Lipinski definition) is 0. The molecule has 0 aliphatic heterocycles. The van der Waals surface area contributed by atoms with Gasteiger partial charge < -0.3 is 9.80 Å². The largest absolute Gasteiger partial charge is 0.376 e. The second-order valence-corrected chi connectivity index (χ2v) is 6.50. The lowest BCUT2D eigenvalue weighted by Crippen LogP contribution is -2.38. The molecule has 0 aromatic heterocycles. The Balaban J connectivity index is 0.00000172. The monoisotopic (exact) mass is 298 g/mol. The van der Waals surface area contributed by atoms with Crippen LogP contribution in [0.2, 0.25) is 0 Å². The van der Waals surface area contributed by atoms with Crippen LogP contribution in [0, 0.1) is 5.41 Å². The lowest BCUT2D eigenvalue weighted by atomic mass is 9.90. The maximum atomic E-state index is 11.7. The molecule has 0 heterocycles. The molecule has 3 nitrogen and oxygen atoms in total. The van der Waals surface area contributed by atoms with Gasteiger partial charge in [0.25, 0.3) is 0 Å². The average Bonchev–Trinajstić information content (AvgIpc) is 2.36. The molecule has 1 rings (SSSR count). The summed E-state index contributed by atoms with van der Waals surface area (Å²) >= 11 is 3.83. The SMILES string of the molecule is C=S.CCN(C)C1=C(N(C)CCCC(C)(C)C)CC1=O. The molecular weight excluding hydrogens is 268 g/mol. The zero-order chi connectivity index (χ0) is 15.9. The molecule has 1 aliphatic rings. The van der Waals surface area contributed by atoms with Crippen molar-refractivity contribution in [3.8, 4) is 0 Å². The number of allylic oxidation sites excluding steroid dienone is 2. The summed E-state index contributed by atoms with van der Waals surface area (Å²) in [5.74, 6) is 3.12. The Kier molecular flexibility index (Phi) is 8.02. The second kappa shape index (κ2) is 8.40. The fourth-order valence-corrected chi connectivity index (χ4v) is 2.26. The summed E-state index contributed by atoms with van der Waals surface area (Å²) in [4.78, 5) is 16.0. The molecule has 4 heteroatoms. The first kappa shape index (κ1) is 19.1. The van der Waals surface area contributed by atoms with E-state index in [4.69, 9.17) is 0 Å². The van der Waals surface area contributed by atoms with E-state index in [9.17, 15) is 4.79 Å². The predicted molar refractivity (Wildman–Crippen MR) is 91.0 cm³/mol. The quantitative estimate of drug-likeness (QED) is 0.700. The fourth-order valence-electron chi connectivity index (χ4n) is 2.26. The van der Waals surface area contributed by atoms with Crippen molar-refractivity contribution in [2.24, 2.45) is 5.41 Å². The minimum Gasteiger partial charge on any atom is -0.376 e. The normalized spacial score (nSPS) is 14.4. The summed E-state index contributed by atoms with van der Waals surface area (Å²) < 4.78 is 0. The number of carbonyl (C=O) groups is 1. The minimum atomic E-state index is 0.289. The first-order valence-electron chi connectivity index (χ1n) is 7.23. The van der Waals surface area contributed by atoms with Crippen LogP contribution in [0.5, 0.6) is 0 Å². The molecule has 0 N–H and O–H groups in total. The number of Topliss-reactive ketones (excluding diaryl/α,β-unsaturated/α-hetero) is 1. The van der Waals surface area contributed by atoms with Gasteiger partial charge in [0, 0.05) is 32.9 Å².